The van der Waals surface area contributed by atoms with Crippen LogP contribution in [0.5, 0.6) is 5.75 Å². The topological polar surface area (TPSA) is 61.8 Å². The lowest BCUT2D eigenvalue weighted by Crippen LogP contribution is -2.35. The SMILES string of the molecule is CCCCC1(CC)CSc2cc(O/C=C/C(=O)O)c(NC)cc2N(c2ccccc2)C1. The molecule has 0 amide bonds. The summed E-state index contributed by atoms with van der Waals surface area (Å²) in [4.78, 5) is 14.4. The van der Waals surface area contributed by atoms with Crippen LogP contribution in [-0.4, -0.2) is 30.4 Å². The third-order valence-electron chi connectivity index (χ3n) is 5.93. The molecule has 6 heteroatoms. The van der Waals surface area contributed by atoms with Crippen molar-refractivity contribution in [2.45, 2.75) is 44.4 Å². The highest BCUT2D eigenvalue weighted by Crippen LogP contribution is 2.49. The van der Waals surface area contributed by atoms with Crippen molar-refractivity contribution in [3.05, 3.63) is 54.8 Å². The zero-order valence-corrected chi connectivity index (χ0v) is 19.4. The van der Waals surface area contributed by atoms with Crippen LogP contribution in [0.15, 0.2) is 59.7 Å². The van der Waals surface area contributed by atoms with Gasteiger partial charge in [0.25, 0.3) is 0 Å². The van der Waals surface area contributed by atoms with E-state index < -0.39 is 5.97 Å². The molecule has 1 atom stereocenters. The van der Waals surface area contributed by atoms with Gasteiger partial charge in [0.15, 0.2) is 5.75 Å². The number of carboxylic acid groups (broad SMARTS) is 1. The quantitative estimate of drug-likeness (QED) is 0.341. The normalized spacial score (nSPS) is 18.5. The summed E-state index contributed by atoms with van der Waals surface area (Å²) in [5, 5.41) is 12.1. The minimum atomic E-state index is -1.03. The van der Waals surface area contributed by atoms with Gasteiger partial charge in [-0.05, 0) is 42.5 Å². The summed E-state index contributed by atoms with van der Waals surface area (Å²) in [6.45, 7) is 5.53. The molecule has 1 heterocycles. The molecule has 166 valence electrons. The molecule has 2 aromatic rings. The smallest absolute Gasteiger partial charge is 0.331 e. The molecule has 31 heavy (non-hydrogen) atoms. The fraction of sp³-hybridized carbons (Fsp3) is 0.400. The second kappa shape index (κ2) is 10.6. The van der Waals surface area contributed by atoms with E-state index in [-0.39, 0.29) is 5.41 Å². The molecule has 0 saturated heterocycles. The van der Waals surface area contributed by atoms with Gasteiger partial charge < -0.3 is 20.1 Å². The first kappa shape index (κ1) is 23.1. The minimum absolute atomic E-state index is 0.222. The number of thioether (sulfide) groups is 1. The van der Waals surface area contributed by atoms with E-state index in [1.165, 1.54) is 31.2 Å². The lowest BCUT2D eigenvalue weighted by atomic mass is 9.81. The first-order valence-corrected chi connectivity index (χ1v) is 11.9. The van der Waals surface area contributed by atoms with Crippen LogP contribution in [0.1, 0.15) is 39.5 Å². The summed E-state index contributed by atoms with van der Waals surface area (Å²) in [6, 6.07) is 14.7. The second-order valence-electron chi connectivity index (χ2n) is 7.99. The van der Waals surface area contributed by atoms with E-state index in [0.717, 1.165) is 41.1 Å². The number of hydrogen-bond acceptors (Lipinski definition) is 5. The van der Waals surface area contributed by atoms with Gasteiger partial charge in [-0.2, -0.15) is 0 Å². The minimum Gasteiger partial charge on any atom is -0.478 e. The predicted molar refractivity (Wildman–Crippen MR) is 130 cm³/mol. The predicted octanol–water partition coefficient (Wildman–Crippen LogP) is 6.54. The highest BCUT2D eigenvalue weighted by molar-refractivity contribution is 7.99. The third-order valence-corrected chi connectivity index (χ3v) is 7.33. The van der Waals surface area contributed by atoms with E-state index in [0.29, 0.717) is 5.75 Å². The largest absolute Gasteiger partial charge is 0.478 e. The Morgan fingerprint density at radius 3 is 2.71 bits per heavy atom. The Kier molecular flexibility index (Phi) is 7.91. The number of unbranched alkanes of at least 4 members (excludes halogenated alkanes) is 1. The Bertz CT molecular complexity index is 916. The summed E-state index contributed by atoms with van der Waals surface area (Å²) >= 11 is 1.87. The lowest BCUT2D eigenvalue weighted by Gasteiger charge is -2.37. The second-order valence-corrected chi connectivity index (χ2v) is 9.01. The van der Waals surface area contributed by atoms with Gasteiger partial charge in [0.2, 0.25) is 0 Å². The maximum atomic E-state index is 10.8. The number of carboxylic acids is 1. The van der Waals surface area contributed by atoms with Crippen molar-refractivity contribution >= 4 is 34.8 Å². The van der Waals surface area contributed by atoms with E-state index in [1.54, 1.807) is 0 Å². The van der Waals surface area contributed by atoms with Gasteiger partial charge in [-0.25, -0.2) is 4.79 Å². The molecule has 3 rings (SSSR count). The number of para-hydroxylation sites is 1. The molecule has 0 bridgehead atoms. The zero-order chi connectivity index (χ0) is 22.3. The van der Waals surface area contributed by atoms with E-state index in [4.69, 9.17) is 9.84 Å². The highest BCUT2D eigenvalue weighted by Gasteiger charge is 2.35. The number of hydrogen-bond donors (Lipinski definition) is 2. The molecule has 0 spiro atoms. The Morgan fingerprint density at radius 1 is 1.29 bits per heavy atom. The van der Waals surface area contributed by atoms with Crippen LogP contribution in [-0.2, 0) is 4.79 Å². The number of aliphatic carboxylic acids is 1. The average Bonchev–Trinajstić information content (AvgIpc) is 2.95. The highest BCUT2D eigenvalue weighted by atomic mass is 32.2. The van der Waals surface area contributed by atoms with Gasteiger partial charge in [0.1, 0.15) is 0 Å². The number of carbonyl (C=O) groups is 1. The van der Waals surface area contributed by atoms with Gasteiger partial charge in [-0.15, -0.1) is 11.8 Å². The van der Waals surface area contributed by atoms with Crippen molar-refractivity contribution in [2.75, 3.05) is 29.6 Å². The molecule has 1 unspecified atom stereocenters. The van der Waals surface area contributed by atoms with Gasteiger partial charge in [-0.3, -0.25) is 0 Å². The monoisotopic (exact) mass is 440 g/mol. The van der Waals surface area contributed by atoms with Crippen molar-refractivity contribution in [1.29, 1.82) is 0 Å². The Balaban J connectivity index is 2.07. The number of nitrogens with zero attached hydrogens (tertiary/aromatic N) is 1. The van der Waals surface area contributed by atoms with E-state index in [1.807, 2.05) is 30.9 Å². The molecule has 1 aliphatic rings. The van der Waals surface area contributed by atoms with Crippen molar-refractivity contribution in [3.63, 3.8) is 0 Å². The number of ether oxygens (including phenoxy) is 1. The lowest BCUT2D eigenvalue weighted by molar-refractivity contribution is -0.131. The summed E-state index contributed by atoms with van der Waals surface area (Å²) < 4.78 is 5.67. The third kappa shape index (κ3) is 5.56. The van der Waals surface area contributed by atoms with Crippen molar-refractivity contribution in [1.82, 2.24) is 0 Å². The number of nitrogens with one attached hydrogen (secondary N) is 1. The molecular formula is C25H32N2O3S. The molecule has 0 radical (unpaired) electrons. The first-order chi connectivity index (χ1) is 15.0. The molecule has 0 saturated carbocycles. The van der Waals surface area contributed by atoms with Crippen LogP contribution >= 0.6 is 11.8 Å². The standard InChI is InChI=1S/C25H32N2O3S/c1-4-6-13-25(5-2)17-27(19-10-8-7-9-11-19)21-15-20(26-3)22(16-23(21)31-18-25)30-14-12-24(28)29/h7-12,14-16,26H,4-6,13,17-18H2,1-3H3,(H,28,29)/b14-12+. The molecule has 0 fully saturated rings. The first-order valence-electron chi connectivity index (χ1n) is 10.9. The summed E-state index contributed by atoms with van der Waals surface area (Å²) in [5.74, 6) is 0.634. The molecular weight excluding hydrogens is 408 g/mol. The number of fused-ring (bicyclic) bond motifs is 1. The Labute approximate surface area is 189 Å². The number of benzene rings is 2. The summed E-state index contributed by atoms with van der Waals surface area (Å²) in [7, 11) is 1.85. The van der Waals surface area contributed by atoms with Crippen LogP contribution in [0, 0.1) is 5.41 Å². The summed E-state index contributed by atoms with van der Waals surface area (Å²) in [6.07, 6.45) is 6.97. The van der Waals surface area contributed by atoms with Gasteiger partial charge in [0, 0.05) is 29.9 Å². The fourth-order valence-corrected chi connectivity index (χ4v) is 5.37. The van der Waals surface area contributed by atoms with E-state index in [9.17, 15) is 4.79 Å². The Hall–Kier alpha value is -2.60. The Morgan fingerprint density at radius 2 is 2.06 bits per heavy atom. The molecule has 0 aromatic heterocycles. The molecule has 0 aliphatic carbocycles. The number of rotatable bonds is 9. The zero-order valence-electron chi connectivity index (χ0n) is 18.6. The van der Waals surface area contributed by atoms with Crippen LogP contribution in [0.4, 0.5) is 17.1 Å². The van der Waals surface area contributed by atoms with Gasteiger partial charge in [0.05, 0.1) is 23.7 Å². The molecule has 5 nitrogen and oxygen atoms in total. The van der Waals surface area contributed by atoms with Crippen LogP contribution < -0.4 is 15.0 Å². The van der Waals surface area contributed by atoms with E-state index in [2.05, 4.69) is 54.4 Å². The number of anilines is 3. The maximum absolute atomic E-state index is 10.8. The average molecular weight is 441 g/mol. The fourth-order valence-electron chi connectivity index (χ4n) is 3.96. The maximum Gasteiger partial charge on any atom is 0.331 e. The molecule has 2 aromatic carbocycles. The molecule has 1 aliphatic heterocycles. The van der Waals surface area contributed by atoms with Gasteiger partial charge >= 0.3 is 5.97 Å². The van der Waals surface area contributed by atoms with Crippen molar-refractivity contribution in [3.8, 4) is 5.75 Å². The molecule has 2 N–H and O–H groups in total. The summed E-state index contributed by atoms with van der Waals surface area (Å²) in [5.41, 5.74) is 3.39. The van der Waals surface area contributed by atoms with Crippen LogP contribution in [0.2, 0.25) is 0 Å². The van der Waals surface area contributed by atoms with Crippen LogP contribution in [0.3, 0.4) is 0 Å². The van der Waals surface area contributed by atoms with Crippen molar-refractivity contribution in [2.24, 2.45) is 5.41 Å². The van der Waals surface area contributed by atoms with E-state index >= 15 is 0 Å². The van der Waals surface area contributed by atoms with Gasteiger partial charge in [-0.1, -0.05) is 44.9 Å². The van der Waals surface area contributed by atoms with Crippen LogP contribution in [0.25, 0.3) is 0 Å². The van der Waals surface area contributed by atoms with Crippen molar-refractivity contribution < 1.29 is 14.6 Å².